The van der Waals surface area contributed by atoms with Crippen LogP contribution in [0, 0.1) is 0 Å². The number of rotatable bonds is 4. The molecule has 0 spiro atoms. The summed E-state index contributed by atoms with van der Waals surface area (Å²) in [5.74, 6) is -0.0556. The van der Waals surface area contributed by atoms with E-state index in [0.29, 0.717) is 12.8 Å². The Morgan fingerprint density at radius 1 is 0.882 bits per heavy atom. The van der Waals surface area contributed by atoms with Gasteiger partial charge in [0.25, 0.3) is 0 Å². The van der Waals surface area contributed by atoms with E-state index >= 15 is 0 Å². The van der Waals surface area contributed by atoms with Gasteiger partial charge in [-0.05, 0) is 12.8 Å². The lowest BCUT2D eigenvalue weighted by molar-refractivity contribution is 0.106. The summed E-state index contributed by atoms with van der Waals surface area (Å²) in [6, 6.07) is 0. The molecule has 2 fully saturated rings. The van der Waals surface area contributed by atoms with Crippen molar-refractivity contribution in [2.75, 3.05) is 11.5 Å². The maximum Gasteiger partial charge on any atom is 0.156 e. The zero-order chi connectivity index (χ0) is 12.8. The van der Waals surface area contributed by atoms with E-state index in [1.165, 1.54) is 0 Å². The van der Waals surface area contributed by atoms with Crippen LogP contribution in [0.15, 0.2) is 0 Å². The van der Waals surface area contributed by atoms with Crippen LogP contribution in [0.5, 0.6) is 0 Å². The normalized spacial score (nSPS) is 37.5. The maximum absolute atomic E-state index is 12.0. The van der Waals surface area contributed by atoms with Crippen molar-refractivity contribution in [1.82, 2.24) is 0 Å². The number of hydrogen-bond donors (Lipinski definition) is 0. The lowest BCUT2D eigenvalue weighted by Crippen LogP contribution is -2.48. The number of hydrogen-bond acceptors (Lipinski definition) is 5. The van der Waals surface area contributed by atoms with Gasteiger partial charge in [0.15, 0.2) is 19.7 Å². The molecule has 0 aromatic heterocycles. The molecule has 0 N–H and O–H groups in total. The van der Waals surface area contributed by atoms with Crippen molar-refractivity contribution in [3.63, 3.8) is 0 Å². The van der Waals surface area contributed by atoms with Crippen molar-refractivity contribution >= 4 is 19.7 Å². The summed E-state index contributed by atoms with van der Waals surface area (Å²) in [6.07, 6.45) is 0.474. The average molecular weight is 282 g/mol. The zero-order valence-electron chi connectivity index (χ0n) is 10.00. The highest BCUT2D eigenvalue weighted by Gasteiger charge is 2.58. The smallest absolute Gasteiger partial charge is 0.156 e. The molecular formula is C10H18O5S2. The Kier molecular flexibility index (Phi) is 3.29. The summed E-state index contributed by atoms with van der Waals surface area (Å²) in [5.41, 5.74) is 0. The maximum atomic E-state index is 12.0. The number of ether oxygens (including phenoxy) is 1. The molecule has 0 aliphatic carbocycles. The molecule has 5 nitrogen and oxygen atoms in total. The predicted octanol–water partition coefficient (Wildman–Crippen LogP) is 0.154. The van der Waals surface area contributed by atoms with Gasteiger partial charge in [0, 0.05) is 11.5 Å². The molecule has 100 valence electrons. The highest BCUT2D eigenvalue weighted by atomic mass is 32.2. The molecule has 2 heterocycles. The lowest BCUT2D eigenvalue weighted by atomic mass is 10.00. The molecule has 0 unspecified atom stereocenters. The van der Waals surface area contributed by atoms with E-state index in [1.807, 2.05) is 0 Å². The Labute approximate surface area is 102 Å². The summed E-state index contributed by atoms with van der Waals surface area (Å²) in [5, 5.41) is -1.70. The molecule has 0 aromatic rings. The van der Waals surface area contributed by atoms with Crippen LogP contribution in [-0.4, -0.2) is 51.0 Å². The van der Waals surface area contributed by atoms with Crippen molar-refractivity contribution in [2.45, 2.75) is 49.4 Å². The molecule has 2 rings (SSSR count). The number of fused-ring (bicyclic) bond motifs is 2. The Morgan fingerprint density at radius 3 is 1.53 bits per heavy atom. The van der Waals surface area contributed by atoms with Crippen molar-refractivity contribution in [3.8, 4) is 0 Å². The fourth-order valence-electron chi connectivity index (χ4n) is 2.85. The molecular weight excluding hydrogens is 264 g/mol. The van der Waals surface area contributed by atoms with Gasteiger partial charge in [-0.15, -0.1) is 0 Å². The van der Waals surface area contributed by atoms with Crippen LogP contribution < -0.4 is 0 Å². The summed E-state index contributed by atoms with van der Waals surface area (Å²) in [7, 11) is -6.75. The quantitative estimate of drug-likeness (QED) is 0.733. The first kappa shape index (κ1) is 13.3. The SMILES string of the molecule is CCS(=O)(=O)[C@@H]1[C@@H](S(=O)(=O)CC)[C@@H]2CC[C@@H]1O2. The lowest BCUT2D eigenvalue weighted by Gasteiger charge is -2.26. The van der Waals surface area contributed by atoms with E-state index in [-0.39, 0.29) is 11.5 Å². The van der Waals surface area contributed by atoms with Crippen molar-refractivity contribution in [2.24, 2.45) is 0 Å². The molecule has 2 saturated heterocycles. The van der Waals surface area contributed by atoms with Crippen LogP contribution in [0.25, 0.3) is 0 Å². The zero-order valence-corrected chi connectivity index (χ0v) is 11.6. The summed E-state index contributed by atoms with van der Waals surface area (Å²) in [4.78, 5) is 0. The van der Waals surface area contributed by atoms with Crippen molar-refractivity contribution in [1.29, 1.82) is 0 Å². The summed E-state index contributed by atoms with van der Waals surface area (Å²) in [6.45, 7) is 3.11. The molecule has 17 heavy (non-hydrogen) atoms. The average Bonchev–Trinajstić information content (AvgIpc) is 2.88. The first-order chi connectivity index (χ1) is 7.83. The number of sulfone groups is 2. The highest BCUT2D eigenvalue weighted by Crippen LogP contribution is 2.42. The first-order valence-corrected chi connectivity index (χ1v) is 9.35. The molecule has 0 aromatic carbocycles. The van der Waals surface area contributed by atoms with Gasteiger partial charge in [0.1, 0.15) is 10.5 Å². The van der Waals surface area contributed by atoms with Gasteiger partial charge in [-0.2, -0.15) is 0 Å². The molecule has 0 radical (unpaired) electrons. The van der Waals surface area contributed by atoms with E-state index in [9.17, 15) is 16.8 Å². The summed E-state index contributed by atoms with van der Waals surface area (Å²) >= 11 is 0. The second kappa shape index (κ2) is 4.20. The molecule has 2 aliphatic rings. The second-order valence-corrected chi connectivity index (χ2v) is 9.52. The molecule has 0 amide bonds. The fraction of sp³-hybridized carbons (Fsp3) is 1.00. The topological polar surface area (TPSA) is 77.5 Å². The highest BCUT2D eigenvalue weighted by molar-refractivity contribution is 7.96. The van der Waals surface area contributed by atoms with E-state index in [1.54, 1.807) is 13.8 Å². The largest absolute Gasteiger partial charge is 0.372 e. The minimum atomic E-state index is -3.38. The second-order valence-electron chi connectivity index (χ2n) is 4.62. The van der Waals surface area contributed by atoms with Crippen LogP contribution in [0.1, 0.15) is 26.7 Å². The minimum Gasteiger partial charge on any atom is -0.372 e. The van der Waals surface area contributed by atoms with Crippen LogP contribution in [0.3, 0.4) is 0 Å². The molecule has 7 heteroatoms. The van der Waals surface area contributed by atoms with Crippen molar-refractivity contribution < 1.29 is 21.6 Å². The van der Waals surface area contributed by atoms with Gasteiger partial charge < -0.3 is 4.74 Å². The van der Waals surface area contributed by atoms with E-state index in [2.05, 4.69) is 0 Å². The molecule has 2 aliphatic heterocycles. The Bertz CT molecular complexity index is 447. The Morgan fingerprint density at radius 2 is 1.24 bits per heavy atom. The third kappa shape index (κ3) is 2.02. The third-order valence-electron chi connectivity index (χ3n) is 3.78. The van der Waals surface area contributed by atoms with Gasteiger partial charge in [0.2, 0.25) is 0 Å². The summed E-state index contributed by atoms with van der Waals surface area (Å²) < 4.78 is 53.6. The van der Waals surface area contributed by atoms with Crippen molar-refractivity contribution in [3.05, 3.63) is 0 Å². The minimum absolute atomic E-state index is 0.0278. The van der Waals surface area contributed by atoms with Crippen LogP contribution in [-0.2, 0) is 24.4 Å². The monoisotopic (exact) mass is 282 g/mol. The third-order valence-corrected chi connectivity index (χ3v) is 8.41. The molecule has 4 atom stereocenters. The van der Waals surface area contributed by atoms with Crippen LogP contribution in [0.4, 0.5) is 0 Å². The van der Waals surface area contributed by atoms with Crippen LogP contribution in [0.2, 0.25) is 0 Å². The molecule has 2 bridgehead atoms. The van der Waals surface area contributed by atoms with Crippen LogP contribution >= 0.6 is 0 Å². The fourth-order valence-corrected chi connectivity index (χ4v) is 7.13. The van der Waals surface area contributed by atoms with E-state index in [0.717, 1.165) is 0 Å². The first-order valence-electron chi connectivity index (χ1n) is 5.92. The Balaban J connectivity index is 2.44. The molecule has 0 saturated carbocycles. The van der Waals surface area contributed by atoms with Gasteiger partial charge in [-0.25, -0.2) is 16.8 Å². The predicted molar refractivity (Wildman–Crippen MR) is 64.4 cm³/mol. The van der Waals surface area contributed by atoms with Gasteiger partial charge >= 0.3 is 0 Å². The van der Waals surface area contributed by atoms with E-state index in [4.69, 9.17) is 4.74 Å². The van der Waals surface area contributed by atoms with E-state index < -0.39 is 42.4 Å². The Hall–Kier alpha value is -0.140. The van der Waals surface area contributed by atoms with Gasteiger partial charge in [-0.3, -0.25) is 0 Å². The van der Waals surface area contributed by atoms with Gasteiger partial charge in [0.05, 0.1) is 12.2 Å². The standard InChI is InChI=1S/C10H18O5S2/c1-3-16(11,12)9-7-5-6-8(15-7)10(9)17(13,14)4-2/h7-10H,3-6H2,1-2H3/t7-,8-,9-,10-/m0/s1. The van der Waals surface area contributed by atoms with Gasteiger partial charge in [-0.1, -0.05) is 13.8 Å².